The third kappa shape index (κ3) is 5.54. The van der Waals surface area contributed by atoms with Gasteiger partial charge in [0.25, 0.3) is 0 Å². The fourth-order valence-electron chi connectivity index (χ4n) is 3.78. The third-order valence-corrected chi connectivity index (χ3v) is 4.96. The van der Waals surface area contributed by atoms with E-state index in [2.05, 4.69) is 34.6 Å². The summed E-state index contributed by atoms with van der Waals surface area (Å²) in [7, 11) is 1.55. The lowest BCUT2D eigenvalue weighted by molar-refractivity contribution is 0.329. The molecule has 0 spiro atoms. The van der Waals surface area contributed by atoms with Gasteiger partial charge in [-0.2, -0.15) is 0 Å². The van der Waals surface area contributed by atoms with E-state index in [1.165, 1.54) is 12.1 Å². The first kappa shape index (κ1) is 21.4. The summed E-state index contributed by atoms with van der Waals surface area (Å²) in [5, 5.41) is 0. The van der Waals surface area contributed by atoms with E-state index in [0.717, 1.165) is 24.8 Å². The summed E-state index contributed by atoms with van der Waals surface area (Å²) >= 11 is 0. The van der Waals surface area contributed by atoms with E-state index < -0.39 is 0 Å². The number of halogens is 2. The zero-order chi connectivity index (χ0) is 20.2. The fourth-order valence-corrected chi connectivity index (χ4v) is 3.78. The van der Waals surface area contributed by atoms with Gasteiger partial charge in [0.15, 0.2) is 0 Å². The highest BCUT2D eigenvalue weighted by Crippen LogP contribution is 2.36. The Morgan fingerprint density at radius 1 is 0.963 bits per heavy atom. The number of hydrogen-bond donors (Lipinski definition) is 0. The average molecular weight is 375 g/mol. The molecule has 0 aromatic heterocycles. The van der Waals surface area contributed by atoms with Gasteiger partial charge in [-0.3, -0.25) is 0 Å². The van der Waals surface area contributed by atoms with Crippen LogP contribution in [0.5, 0.6) is 5.75 Å². The van der Waals surface area contributed by atoms with E-state index >= 15 is 0 Å². The van der Waals surface area contributed by atoms with Crippen LogP contribution in [0, 0.1) is 23.0 Å². The summed E-state index contributed by atoms with van der Waals surface area (Å²) in [5.74, 6) is 0.298. The van der Waals surface area contributed by atoms with Gasteiger partial charge in [-0.15, -0.1) is 0 Å². The molecule has 0 aliphatic rings. The van der Waals surface area contributed by atoms with Crippen LogP contribution in [0.1, 0.15) is 58.6 Å². The van der Waals surface area contributed by atoms with Crippen molar-refractivity contribution in [2.24, 2.45) is 11.3 Å². The molecule has 0 aliphatic carbocycles. The van der Waals surface area contributed by atoms with Gasteiger partial charge in [0.2, 0.25) is 0 Å². The summed E-state index contributed by atoms with van der Waals surface area (Å²) in [6, 6.07) is 8.08. The van der Waals surface area contributed by atoms with Crippen LogP contribution in [0.25, 0.3) is 11.1 Å². The maximum absolute atomic E-state index is 14.8. The Labute approximate surface area is 162 Å². The molecule has 3 heteroatoms. The molecule has 2 rings (SSSR count). The number of hydrogen-bond acceptors (Lipinski definition) is 1. The molecule has 0 bridgehead atoms. The smallest absolute Gasteiger partial charge is 0.131 e. The van der Waals surface area contributed by atoms with E-state index in [-0.39, 0.29) is 17.0 Å². The summed E-state index contributed by atoms with van der Waals surface area (Å²) in [6.07, 6.45) is 3.59. The zero-order valence-corrected chi connectivity index (χ0v) is 17.5. The van der Waals surface area contributed by atoms with Crippen molar-refractivity contribution < 1.29 is 13.5 Å². The molecule has 0 fully saturated rings. The average Bonchev–Trinajstić information content (AvgIpc) is 2.57. The molecule has 148 valence electrons. The van der Waals surface area contributed by atoms with Crippen molar-refractivity contribution in [3.63, 3.8) is 0 Å². The highest BCUT2D eigenvalue weighted by atomic mass is 19.1. The zero-order valence-electron chi connectivity index (χ0n) is 17.5. The normalized spacial score (nSPS) is 11.9. The Morgan fingerprint density at radius 3 is 2.26 bits per heavy atom. The summed E-state index contributed by atoms with van der Waals surface area (Å²) < 4.78 is 34.7. The molecule has 0 atom stereocenters. The lowest BCUT2D eigenvalue weighted by Crippen LogP contribution is -2.16. The minimum absolute atomic E-state index is 0.0613. The van der Waals surface area contributed by atoms with Crippen molar-refractivity contribution in [1.82, 2.24) is 0 Å². The maximum Gasteiger partial charge on any atom is 0.131 e. The van der Waals surface area contributed by atoms with E-state index in [4.69, 9.17) is 4.74 Å². The molecular weight excluding hydrogens is 342 g/mol. The molecule has 1 nitrogen and oxygen atoms in total. The predicted molar refractivity (Wildman–Crippen MR) is 109 cm³/mol. The van der Waals surface area contributed by atoms with Crippen LogP contribution in [0.2, 0.25) is 0 Å². The van der Waals surface area contributed by atoms with Crippen molar-refractivity contribution in [3.05, 3.63) is 53.1 Å². The Balaban J connectivity index is 2.63. The quantitative estimate of drug-likeness (QED) is 0.474. The van der Waals surface area contributed by atoms with Gasteiger partial charge >= 0.3 is 0 Å². The van der Waals surface area contributed by atoms with E-state index in [9.17, 15) is 8.78 Å². The van der Waals surface area contributed by atoms with Gasteiger partial charge < -0.3 is 4.74 Å². The first-order chi connectivity index (χ1) is 12.7. The molecule has 0 N–H and O–H groups in total. The van der Waals surface area contributed by atoms with Gasteiger partial charge in [-0.1, -0.05) is 47.1 Å². The molecule has 0 aliphatic heterocycles. The Morgan fingerprint density at radius 2 is 1.67 bits per heavy atom. The minimum Gasteiger partial charge on any atom is -0.497 e. The second-order valence-corrected chi connectivity index (χ2v) is 8.64. The van der Waals surface area contributed by atoms with Crippen LogP contribution >= 0.6 is 0 Å². The minimum atomic E-state index is -0.360. The van der Waals surface area contributed by atoms with E-state index in [1.54, 1.807) is 19.2 Å². The first-order valence-corrected chi connectivity index (χ1v) is 9.82. The second-order valence-electron chi connectivity index (χ2n) is 8.64. The van der Waals surface area contributed by atoms with Crippen molar-refractivity contribution in [1.29, 1.82) is 0 Å². The van der Waals surface area contributed by atoms with E-state index in [0.29, 0.717) is 34.8 Å². The van der Waals surface area contributed by atoms with Crippen LogP contribution in [0.4, 0.5) is 8.78 Å². The summed E-state index contributed by atoms with van der Waals surface area (Å²) in [4.78, 5) is 0. The molecule has 0 saturated heterocycles. The van der Waals surface area contributed by atoms with Crippen LogP contribution < -0.4 is 4.74 Å². The highest BCUT2D eigenvalue weighted by Gasteiger charge is 2.23. The van der Waals surface area contributed by atoms with Crippen LogP contribution in [-0.2, 0) is 12.8 Å². The molecule has 2 aromatic rings. The number of ether oxygens (including phenoxy) is 1. The van der Waals surface area contributed by atoms with Crippen LogP contribution in [-0.4, -0.2) is 7.11 Å². The topological polar surface area (TPSA) is 9.23 Å². The van der Waals surface area contributed by atoms with Crippen LogP contribution in [0.15, 0.2) is 30.3 Å². The Kier molecular flexibility index (Phi) is 7.02. The second kappa shape index (κ2) is 8.86. The fraction of sp³-hybridized carbons (Fsp3) is 0.500. The molecule has 0 radical (unpaired) electrons. The molecule has 0 heterocycles. The SMILES string of the molecule is CCCC(C)(C)Cc1cc(CC(C)C)c(F)cc1-c1cc(OC)ccc1F. The molecule has 0 saturated carbocycles. The van der Waals surface area contributed by atoms with Gasteiger partial charge in [0.1, 0.15) is 17.4 Å². The number of rotatable bonds is 8. The van der Waals surface area contributed by atoms with Crippen molar-refractivity contribution >= 4 is 0 Å². The first-order valence-electron chi connectivity index (χ1n) is 9.82. The lowest BCUT2D eigenvalue weighted by atomic mass is 9.79. The standard InChI is InChI=1S/C24H32F2O/c1-7-10-24(4,5)15-18-12-17(11-16(2)3)23(26)14-20(18)21-13-19(27-6)8-9-22(21)25/h8-9,12-14,16H,7,10-11,15H2,1-6H3. The lowest BCUT2D eigenvalue weighted by Gasteiger charge is -2.26. The van der Waals surface area contributed by atoms with Crippen molar-refractivity contribution in [2.75, 3.05) is 7.11 Å². The molecule has 27 heavy (non-hydrogen) atoms. The molecule has 0 amide bonds. The largest absolute Gasteiger partial charge is 0.497 e. The summed E-state index contributed by atoms with van der Waals surface area (Å²) in [6.45, 7) is 10.8. The Bertz CT molecular complexity index is 778. The third-order valence-electron chi connectivity index (χ3n) is 4.96. The van der Waals surface area contributed by atoms with Gasteiger partial charge in [-0.05, 0) is 71.6 Å². The van der Waals surface area contributed by atoms with E-state index in [1.807, 2.05) is 6.07 Å². The van der Waals surface area contributed by atoms with Gasteiger partial charge in [0, 0.05) is 5.56 Å². The van der Waals surface area contributed by atoms with Gasteiger partial charge in [0.05, 0.1) is 7.11 Å². The molecular formula is C24H32F2O. The highest BCUT2D eigenvalue weighted by molar-refractivity contribution is 5.70. The number of benzene rings is 2. The van der Waals surface area contributed by atoms with Crippen molar-refractivity contribution in [3.8, 4) is 16.9 Å². The monoisotopic (exact) mass is 374 g/mol. The Hall–Kier alpha value is -1.90. The maximum atomic E-state index is 14.8. The summed E-state index contributed by atoms with van der Waals surface area (Å²) in [5.41, 5.74) is 2.79. The molecule has 2 aromatic carbocycles. The molecule has 0 unspecified atom stereocenters. The predicted octanol–water partition coefficient (Wildman–Crippen LogP) is 7.21. The number of methoxy groups -OCH3 is 1. The van der Waals surface area contributed by atoms with Crippen molar-refractivity contribution in [2.45, 2.75) is 60.3 Å². The van der Waals surface area contributed by atoms with Crippen LogP contribution in [0.3, 0.4) is 0 Å². The van der Waals surface area contributed by atoms with Gasteiger partial charge in [-0.25, -0.2) is 8.78 Å².